The van der Waals surface area contributed by atoms with Gasteiger partial charge in [0.15, 0.2) is 11.5 Å². The van der Waals surface area contributed by atoms with E-state index in [0.29, 0.717) is 30.9 Å². The number of unbranched alkanes of at least 4 members (excludes halogenated alkanes) is 2. The van der Waals surface area contributed by atoms with Crippen molar-refractivity contribution in [2.75, 3.05) is 13.7 Å². The largest absolute Gasteiger partial charge is 0.493 e. The second-order valence-electron chi connectivity index (χ2n) is 6.12. The number of methoxy groups -OCH3 is 1. The average molecular weight is 364 g/mol. The fourth-order valence-corrected chi connectivity index (χ4v) is 2.48. The topological polar surface area (TPSA) is 76.7 Å². The van der Waals surface area contributed by atoms with Gasteiger partial charge in [-0.05, 0) is 37.5 Å². The Morgan fingerprint density at radius 1 is 0.962 bits per heavy atom. The fraction of sp³-hybridized carbons (Fsp3) is 0.600. The summed E-state index contributed by atoms with van der Waals surface area (Å²) in [5.41, 5.74) is 0.754. The van der Waals surface area contributed by atoms with Gasteiger partial charge < -0.3 is 20.1 Å². The van der Waals surface area contributed by atoms with Crippen molar-refractivity contribution in [3.63, 3.8) is 0 Å². The van der Waals surface area contributed by atoms with E-state index in [1.165, 1.54) is 0 Å². The molecule has 0 unspecified atom stereocenters. The normalized spacial score (nSPS) is 10.5. The Hall–Kier alpha value is -2.24. The van der Waals surface area contributed by atoms with Gasteiger partial charge in [-0.2, -0.15) is 0 Å². The van der Waals surface area contributed by atoms with E-state index in [9.17, 15) is 9.59 Å². The van der Waals surface area contributed by atoms with Gasteiger partial charge in [0, 0.05) is 12.8 Å². The number of rotatable bonds is 12. The van der Waals surface area contributed by atoms with E-state index in [0.717, 1.165) is 31.2 Å². The third-order valence-corrected chi connectivity index (χ3v) is 3.95. The summed E-state index contributed by atoms with van der Waals surface area (Å²) in [4.78, 5) is 24.4. The third-order valence-electron chi connectivity index (χ3n) is 3.95. The van der Waals surface area contributed by atoms with E-state index in [-0.39, 0.29) is 11.8 Å². The Bertz CT molecular complexity index is 553. The molecular formula is C20H32N2O4. The maximum Gasteiger partial charge on any atom is 0.221 e. The fourth-order valence-electron chi connectivity index (χ4n) is 2.48. The van der Waals surface area contributed by atoms with Gasteiger partial charge in [-0.15, -0.1) is 0 Å². The summed E-state index contributed by atoms with van der Waals surface area (Å²) in [6.45, 7) is 6.46. The molecule has 0 aliphatic heterocycles. The smallest absolute Gasteiger partial charge is 0.221 e. The molecular weight excluding hydrogens is 332 g/mol. The van der Waals surface area contributed by atoms with Gasteiger partial charge in [-0.25, -0.2) is 0 Å². The highest BCUT2D eigenvalue weighted by molar-refractivity contribution is 5.79. The summed E-state index contributed by atoms with van der Waals surface area (Å²) in [6.07, 6.45) is 3.80. The number of hydrogen-bond donors (Lipinski definition) is 2. The Labute approximate surface area is 156 Å². The summed E-state index contributed by atoms with van der Waals surface area (Å²) in [5, 5.41) is 5.83. The first-order valence-electron chi connectivity index (χ1n) is 9.45. The highest BCUT2D eigenvalue weighted by Crippen LogP contribution is 2.30. The molecule has 146 valence electrons. The van der Waals surface area contributed by atoms with Gasteiger partial charge in [-0.1, -0.05) is 32.8 Å². The van der Waals surface area contributed by atoms with Crippen molar-refractivity contribution in [2.45, 2.75) is 65.5 Å². The Morgan fingerprint density at radius 3 is 2.00 bits per heavy atom. The molecule has 6 nitrogen and oxygen atoms in total. The van der Waals surface area contributed by atoms with Crippen molar-refractivity contribution in [1.82, 2.24) is 10.6 Å². The monoisotopic (exact) mass is 364 g/mol. The van der Waals surface area contributed by atoms with Crippen LogP contribution in [0.2, 0.25) is 0 Å². The molecule has 0 heterocycles. The van der Waals surface area contributed by atoms with Gasteiger partial charge >= 0.3 is 0 Å². The SMILES string of the molecule is CCCCC(=O)NC(NC(=O)CCCC)c1ccc(OC)c(OCC)c1. The van der Waals surface area contributed by atoms with Gasteiger partial charge in [0.25, 0.3) is 0 Å². The highest BCUT2D eigenvalue weighted by atomic mass is 16.5. The summed E-state index contributed by atoms with van der Waals surface area (Å²) in [5.74, 6) is 1.04. The lowest BCUT2D eigenvalue weighted by Crippen LogP contribution is -2.41. The lowest BCUT2D eigenvalue weighted by molar-refractivity contribution is -0.124. The van der Waals surface area contributed by atoms with E-state index >= 15 is 0 Å². The van der Waals surface area contributed by atoms with Crippen LogP contribution in [0.1, 0.15) is 71.0 Å². The summed E-state index contributed by atoms with van der Waals surface area (Å²) >= 11 is 0. The van der Waals surface area contributed by atoms with Gasteiger partial charge in [0.1, 0.15) is 6.17 Å². The summed E-state index contributed by atoms with van der Waals surface area (Å²) < 4.78 is 10.9. The van der Waals surface area contributed by atoms with Crippen molar-refractivity contribution < 1.29 is 19.1 Å². The second kappa shape index (κ2) is 12.2. The van der Waals surface area contributed by atoms with Crippen LogP contribution in [0.15, 0.2) is 18.2 Å². The van der Waals surface area contributed by atoms with Crippen LogP contribution in [0.5, 0.6) is 11.5 Å². The van der Waals surface area contributed by atoms with Gasteiger partial charge in [0.05, 0.1) is 13.7 Å². The molecule has 0 spiro atoms. The Morgan fingerprint density at radius 2 is 1.54 bits per heavy atom. The molecule has 0 saturated heterocycles. The molecule has 0 aliphatic carbocycles. The lowest BCUT2D eigenvalue weighted by Gasteiger charge is -2.22. The van der Waals surface area contributed by atoms with Crippen LogP contribution < -0.4 is 20.1 Å². The molecule has 2 amide bonds. The zero-order valence-corrected chi connectivity index (χ0v) is 16.4. The first-order chi connectivity index (χ1) is 12.5. The van der Waals surface area contributed by atoms with Crippen LogP contribution in [0.4, 0.5) is 0 Å². The van der Waals surface area contributed by atoms with E-state index in [4.69, 9.17) is 9.47 Å². The number of nitrogens with one attached hydrogen (secondary N) is 2. The van der Waals surface area contributed by atoms with E-state index < -0.39 is 6.17 Å². The molecule has 1 aromatic rings. The molecule has 0 aliphatic rings. The van der Waals surface area contributed by atoms with Crippen molar-refractivity contribution in [3.05, 3.63) is 23.8 Å². The number of benzene rings is 1. The highest BCUT2D eigenvalue weighted by Gasteiger charge is 2.19. The molecule has 0 atom stereocenters. The van der Waals surface area contributed by atoms with Crippen molar-refractivity contribution >= 4 is 11.8 Å². The van der Waals surface area contributed by atoms with Crippen LogP contribution in [-0.4, -0.2) is 25.5 Å². The molecule has 2 N–H and O–H groups in total. The molecule has 0 radical (unpaired) electrons. The molecule has 0 aromatic heterocycles. The zero-order valence-electron chi connectivity index (χ0n) is 16.4. The minimum absolute atomic E-state index is 0.0820. The quantitative estimate of drug-likeness (QED) is 0.554. The first-order valence-corrected chi connectivity index (χ1v) is 9.45. The number of ether oxygens (including phenoxy) is 2. The average Bonchev–Trinajstić information content (AvgIpc) is 2.64. The van der Waals surface area contributed by atoms with Crippen LogP contribution in [0.3, 0.4) is 0 Å². The van der Waals surface area contributed by atoms with Gasteiger partial charge in [-0.3, -0.25) is 9.59 Å². The third kappa shape index (κ3) is 7.33. The molecule has 0 bridgehead atoms. The van der Waals surface area contributed by atoms with E-state index in [2.05, 4.69) is 10.6 Å². The van der Waals surface area contributed by atoms with Gasteiger partial charge in [0.2, 0.25) is 11.8 Å². The Kier molecular flexibility index (Phi) is 10.2. The van der Waals surface area contributed by atoms with E-state index in [1.807, 2.05) is 26.8 Å². The molecule has 1 aromatic carbocycles. The van der Waals surface area contributed by atoms with Crippen LogP contribution >= 0.6 is 0 Å². The summed E-state index contributed by atoms with van der Waals surface area (Å²) in [6, 6.07) is 5.41. The standard InChI is InChI=1S/C20H32N2O4/c1-5-8-10-18(23)21-20(22-19(24)11-9-6-2)15-12-13-16(25-4)17(14-15)26-7-3/h12-14,20H,5-11H2,1-4H3,(H,21,23)(H,22,24). The Balaban J connectivity index is 2.99. The minimum Gasteiger partial charge on any atom is -0.493 e. The lowest BCUT2D eigenvalue weighted by atomic mass is 10.1. The molecule has 0 saturated carbocycles. The summed E-state index contributed by atoms with van der Waals surface area (Å²) in [7, 11) is 1.58. The number of carbonyl (C=O) groups excluding carboxylic acids is 2. The van der Waals surface area contributed by atoms with Crippen molar-refractivity contribution in [1.29, 1.82) is 0 Å². The number of carbonyl (C=O) groups is 2. The molecule has 26 heavy (non-hydrogen) atoms. The maximum absolute atomic E-state index is 12.2. The first kappa shape index (κ1) is 21.8. The van der Waals surface area contributed by atoms with Crippen LogP contribution in [0, 0.1) is 0 Å². The van der Waals surface area contributed by atoms with Crippen molar-refractivity contribution in [3.8, 4) is 11.5 Å². The van der Waals surface area contributed by atoms with Crippen LogP contribution in [-0.2, 0) is 9.59 Å². The molecule has 1 rings (SSSR count). The predicted octanol–water partition coefficient (Wildman–Crippen LogP) is 3.71. The van der Waals surface area contributed by atoms with Crippen molar-refractivity contribution in [2.24, 2.45) is 0 Å². The minimum atomic E-state index is -0.589. The maximum atomic E-state index is 12.2. The number of hydrogen-bond acceptors (Lipinski definition) is 4. The van der Waals surface area contributed by atoms with Crippen LogP contribution in [0.25, 0.3) is 0 Å². The molecule has 6 heteroatoms. The number of amides is 2. The zero-order chi connectivity index (χ0) is 19.4. The predicted molar refractivity (Wildman–Crippen MR) is 102 cm³/mol. The second-order valence-corrected chi connectivity index (χ2v) is 6.12. The van der Waals surface area contributed by atoms with E-state index in [1.54, 1.807) is 19.2 Å². The molecule has 0 fully saturated rings.